The van der Waals surface area contributed by atoms with Gasteiger partial charge in [-0.05, 0) is 31.0 Å². The van der Waals surface area contributed by atoms with Gasteiger partial charge >= 0.3 is 0 Å². The molecule has 0 aliphatic carbocycles. The van der Waals surface area contributed by atoms with E-state index in [0.29, 0.717) is 0 Å². The average molecular weight is 218 g/mol. The SMILES string of the molecule is CC#CCCC(NN)c1cccc(OC)c1. The number of hydrazine groups is 1. The molecule has 0 fully saturated rings. The van der Waals surface area contributed by atoms with Crippen LogP contribution in [0.1, 0.15) is 31.4 Å². The number of hydrogen-bond acceptors (Lipinski definition) is 3. The molecule has 3 heteroatoms. The lowest BCUT2D eigenvalue weighted by Gasteiger charge is -2.15. The van der Waals surface area contributed by atoms with Crippen LogP contribution in [0.3, 0.4) is 0 Å². The number of hydrogen-bond donors (Lipinski definition) is 2. The van der Waals surface area contributed by atoms with E-state index in [-0.39, 0.29) is 6.04 Å². The van der Waals surface area contributed by atoms with Crippen LogP contribution in [-0.2, 0) is 0 Å². The molecule has 1 aromatic rings. The van der Waals surface area contributed by atoms with Gasteiger partial charge in [0.05, 0.1) is 7.11 Å². The summed E-state index contributed by atoms with van der Waals surface area (Å²) < 4.78 is 5.18. The molecule has 16 heavy (non-hydrogen) atoms. The van der Waals surface area contributed by atoms with Gasteiger partial charge in [0.1, 0.15) is 5.75 Å². The van der Waals surface area contributed by atoms with E-state index in [1.54, 1.807) is 7.11 Å². The minimum absolute atomic E-state index is 0.121. The molecule has 1 rings (SSSR count). The van der Waals surface area contributed by atoms with Crippen molar-refractivity contribution in [2.45, 2.75) is 25.8 Å². The second kappa shape index (κ2) is 6.89. The maximum absolute atomic E-state index is 5.54. The van der Waals surface area contributed by atoms with Gasteiger partial charge in [0.25, 0.3) is 0 Å². The Balaban J connectivity index is 2.72. The number of benzene rings is 1. The van der Waals surface area contributed by atoms with Gasteiger partial charge < -0.3 is 4.74 Å². The molecule has 0 spiro atoms. The third-order valence-electron chi connectivity index (χ3n) is 2.43. The van der Waals surface area contributed by atoms with Crippen LogP contribution in [0.4, 0.5) is 0 Å². The molecule has 3 nitrogen and oxygen atoms in total. The van der Waals surface area contributed by atoms with Gasteiger partial charge in [-0.3, -0.25) is 11.3 Å². The summed E-state index contributed by atoms with van der Waals surface area (Å²) in [5.74, 6) is 12.3. The molecule has 3 N–H and O–H groups in total. The summed E-state index contributed by atoms with van der Waals surface area (Å²) in [4.78, 5) is 0. The molecule has 0 aromatic heterocycles. The summed E-state index contributed by atoms with van der Waals surface area (Å²) in [6, 6.07) is 8.03. The van der Waals surface area contributed by atoms with Crippen molar-refractivity contribution in [3.8, 4) is 17.6 Å². The summed E-state index contributed by atoms with van der Waals surface area (Å²) in [5.41, 5.74) is 3.93. The van der Waals surface area contributed by atoms with E-state index in [9.17, 15) is 0 Å². The van der Waals surface area contributed by atoms with Gasteiger partial charge in [-0.15, -0.1) is 11.8 Å². The number of nitrogens with one attached hydrogen (secondary N) is 1. The number of methoxy groups -OCH3 is 1. The van der Waals surface area contributed by atoms with Crippen LogP contribution in [0, 0.1) is 11.8 Å². The van der Waals surface area contributed by atoms with E-state index in [1.165, 1.54) is 0 Å². The van der Waals surface area contributed by atoms with Crippen molar-refractivity contribution in [3.63, 3.8) is 0 Å². The highest BCUT2D eigenvalue weighted by Crippen LogP contribution is 2.21. The van der Waals surface area contributed by atoms with Crippen molar-refractivity contribution in [2.24, 2.45) is 5.84 Å². The van der Waals surface area contributed by atoms with Crippen LogP contribution in [0.25, 0.3) is 0 Å². The van der Waals surface area contributed by atoms with E-state index in [0.717, 1.165) is 24.2 Å². The van der Waals surface area contributed by atoms with Gasteiger partial charge in [0.15, 0.2) is 0 Å². The standard InChI is InChI=1S/C13H18N2O/c1-3-4-5-9-13(15-14)11-7-6-8-12(10-11)16-2/h6-8,10,13,15H,5,9,14H2,1-2H3. The lowest BCUT2D eigenvalue weighted by molar-refractivity contribution is 0.412. The van der Waals surface area contributed by atoms with E-state index in [1.807, 2.05) is 31.2 Å². The highest BCUT2D eigenvalue weighted by molar-refractivity contribution is 5.30. The van der Waals surface area contributed by atoms with E-state index < -0.39 is 0 Å². The summed E-state index contributed by atoms with van der Waals surface area (Å²) in [5, 5.41) is 0. The van der Waals surface area contributed by atoms with Crippen molar-refractivity contribution >= 4 is 0 Å². The average Bonchev–Trinajstić information content (AvgIpc) is 2.35. The Labute approximate surface area is 97.0 Å². The summed E-state index contributed by atoms with van der Waals surface area (Å²) in [7, 11) is 1.66. The first-order valence-electron chi connectivity index (χ1n) is 5.31. The van der Waals surface area contributed by atoms with Crippen LogP contribution >= 0.6 is 0 Å². The van der Waals surface area contributed by atoms with Crippen molar-refractivity contribution < 1.29 is 4.74 Å². The Hall–Kier alpha value is -1.50. The summed E-state index contributed by atoms with van der Waals surface area (Å²) >= 11 is 0. The minimum atomic E-state index is 0.121. The minimum Gasteiger partial charge on any atom is -0.497 e. The zero-order valence-electron chi connectivity index (χ0n) is 9.79. The quantitative estimate of drug-likeness (QED) is 0.451. The molecule has 0 bridgehead atoms. The maximum Gasteiger partial charge on any atom is 0.119 e. The van der Waals surface area contributed by atoms with Crippen LogP contribution in [0.15, 0.2) is 24.3 Å². The highest BCUT2D eigenvalue weighted by atomic mass is 16.5. The fourth-order valence-electron chi connectivity index (χ4n) is 1.55. The molecular weight excluding hydrogens is 200 g/mol. The van der Waals surface area contributed by atoms with Crippen molar-refractivity contribution in [3.05, 3.63) is 29.8 Å². The van der Waals surface area contributed by atoms with E-state index in [2.05, 4.69) is 17.3 Å². The van der Waals surface area contributed by atoms with Crippen LogP contribution in [0.2, 0.25) is 0 Å². The molecule has 1 unspecified atom stereocenters. The molecular formula is C13H18N2O. The largest absolute Gasteiger partial charge is 0.497 e. The Morgan fingerprint density at radius 1 is 1.50 bits per heavy atom. The highest BCUT2D eigenvalue weighted by Gasteiger charge is 2.09. The first kappa shape index (κ1) is 12.6. The smallest absolute Gasteiger partial charge is 0.119 e. The maximum atomic E-state index is 5.54. The summed E-state index contributed by atoms with van der Waals surface area (Å²) in [6.07, 6.45) is 1.73. The Bertz CT molecular complexity index is 379. The molecule has 1 atom stereocenters. The Kier molecular flexibility index (Phi) is 5.41. The third kappa shape index (κ3) is 3.58. The van der Waals surface area contributed by atoms with Gasteiger partial charge in [-0.1, -0.05) is 12.1 Å². The first-order valence-corrected chi connectivity index (χ1v) is 5.31. The zero-order chi connectivity index (χ0) is 11.8. The predicted octanol–water partition coefficient (Wildman–Crippen LogP) is 2.00. The van der Waals surface area contributed by atoms with Gasteiger partial charge in [0.2, 0.25) is 0 Å². The second-order valence-electron chi connectivity index (χ2n) is 3.46. The van der Waals surface area contributed by atoms with Crippen LogP contribution in [-0.4, -0.2) is 7.11 Å². The van der Waals surface area contributed by atoms with Gasteiger partial charge in [0, 0.05) is 12.5 Å². The first-order chi connectivity index (χ1) is 7.81. The molecule has 0 heterocycles. The summed E-state index contributed by atoms with van der Waals surface area (Å²) in [6.45, 7) is 1.84. The van der Waals surface area contributed by atoms with E-state index in [4.69, 9.17) is 10.6 Å². The number of nitrogens with two attached hydrogens (primary N) is 1. The molecule has 0 saturated carbocycles. The van der Waals surface area contributed by atoms with Crippen molar-refractivity contribution in [1.82, 2.24) is 5.43 Å². The predicted molar refractivity (Wildman–Crippen MR) is 65.7 cm³/mol. The number of ether oxygens (including phenoxy) is 1. The Morgan fingerprint density at radius 3 is 2.94 bits per heavy atom. The van der Waals surface area contributed by atoms with Crippen molar-refractivity contribution in [1.29, 1.82) is 0 Å². The number of rotatable bonds is 5. The molecule has 0 saturated heterocycles. The molecule has 1 aromatic carbocycles. The van der Waals surface area contributed by atoms with Gasteiger partial charge in [-0.2, -0.15) is 0 Å². The fraction of sp³-hybridized carbons (Fsp3) is 0.385. The monoisotopic (exact) mass is 218 g/mol. The second-order valence-corrected chi connectivity index (χ2v) is 3.46. The molecule has 0 radical (unpaired) electrons. The lowest BCUT2D eigenvalue weighted by Crippen LogP contribution is -2.27. The Morgan fingerprint density at radius 2 is 2.31 bits per heavy atom. The fourth-order valence-corrected chi connectivity index (χ4v) is 1.55. The molecule has 0 amide bonds. The van der Waals surface area contributed by atoms with Crippen LogP contribution < -0.4 is 16.0 Å². The van der Waals surface area contributed by atoms with Gasteiger partial charge in [-0.25, -0.2) is 0 Å². The third-order valence-corrected chi connectivity index (χ3v) is 2.43. The molecule has 86 valence electrons. The van der Waals surface area contributed by atoms with Crippen LogP contribution in [0.5, 0.6) is 5.75 Å². The molecule has 0 aliphatic heterocycles. The molecule has 0 aliphatic rings. The normalized spacial score (nSPS) is 11.4. The zero-order valence-corrected chi connectivity index (χ0v) is 9.79. The van der Waals surface area contributed by atoms with E-state index >= 15 is 0 Å². The lowest BCUT2D eigenvalue weighted by atomic mass is 10.0. The topological polar surface area (TPSA) is 47.3 Å². The van der Waals surface area contributed by atoms with Crippen molar-refractivity contribution in [2.75, 3.05) is 7.11 Å².